The zero-order valence-electron chi connectivity index (χ0n) is 13.7. The maximum absolute atomic E-state index is 12.2. The van der Waals surface area contributed by atoms with Crippen LogP contribution in [0.25, 0.3) is 0 Å². The molecule has 21 heavy (non-hydrogen) atoms. The SMILES string of the molecule is C=C(C)C(=O)OC(C)(C)C12C3CCC(C3)C1C1CCC2C1. The van der Waals surface area contributed by atoms with Crippen molar-refractivity contribution in [3.8, 4) is 0 Å². The van der Waals surface area contributed by atoms with Crippen molar-refractivity contribution in [1.29, 1.82) is 0 Å². The molecule has 0 heterocycles. The average molecular weight is 288 g/mol. The van der Waals surface area contributed by atoms with Crippen LogP contribution >= 0.6 is 0 Å². The van der Waals surface area contributed by atoms with Gasteiger partial charge in [-0.05, 0) is 88.9 Å². The van der Waals surface area contributed by atoms with Gasteiger partial charge in [-0.2, -0.15) is 0 Å². The first kappa shape index (κ1) is 13.8. The van der Waals surface area contributed by atoms with Crippen molar-refractivity contribution in [3.05, 3.63) is 12.2 Å². The fourth-order valence-electron chi connectivity index (χ4n) is 7.39. The van der Waals surface area contributed by atoms with E-state index in [1.165, 1.54) is 38.5 Å². The molecular weight excluding hydrogens is 260 g/mol. The molecule has 4 unspecified atom stereocenters. The maximum Gasteiger partial charge on any atom is 0.333 e. The predicted octanol–water partition coefficient (Wildman–Crippen LogP) is 4.35. The molecule has 4 fully saturated rings. The molecule has 4 saturated carbocycles. The Bertz CT molecular complexity index is 482. The predicted molar refractivity (Wildman–Crippen MR) is 82.6 cm³/mol. The number of fused-ring (bicyclic) bond motifs is 9. The van der Waals surface area contributed by atoms with Gasteiger partial charge in [0.2, 0.25) is 0 Å². The first-order valence-electron chi connectivity index (χ1n) is 8.76. The van der Waals surface area contributed by atoms with Crippen LogP contribution < -0.4 is 0 Å². The number of esters is 1. The second-order valence-corrected chi connectivity index (χ2v) is 8.68. The molecule has 0 N–H and O–H groups in total. The molecule has 4 aliphatic rings. The van der Waals surface area contributed by atoms with E-state index in [-0.39, 0.29) is 17.0 Å². The molecule has 0 saturated heterocycles. The van der Waals surface area contributed by atoms with Gasteiger partial charge >= 0.3 is 5.97 Å². The molecule has 0 aromatic carbocycles. The lowest BCUT2D eigenvalue weighted by Crippen LogP contribution is -2.57. The second-order valence-electron chi connectivity index (χ2n) is 8.68. The van der Waals surface area contributed by atoms with E-state index in [1.807, 2.05) is 0 Å². The first-order valence-corrected chi connectivity index (χ1v) is 8.76. The highest BCUT2D eigenvalue weighted by Gasteiger charge is 2.74. The summed E-state index contributed by atoms with van der Waals surface area (Å²) in [6.07, 6.45) is 8.35. The summed E-state index contributed by atoms with van der Waals surface area (Å²) in [5.41, 5.74) is 0.458. The summed E-state index contributed by atoms with van der Waals surface area (Å²) in [6, 6.07) is 0. The topological polar surface area (TPSA) is 26.3 Å². The third-order valence-corrected chi connectivity index (χ3v) is 7.60. The van der Waals surface area contributed by atoms with Crippen molar-refractivity contribution in [2.75, 3.05) is 0 Å². The quantitative estimate of drug-likeness (QED) is 0.438. The summed E-state index contributed by atoms with van der Waals surface area (Å²) in [4.78, 5) is 12.2. The molecule has 4 rings (SSSR count). The van der Waals surface area contributed by atoms with Crippen LogP contribution in [-0.2, 0) is 9.53 Å². The van der Waals surface area contributed by atoms with Crippen molar-refractivity contribution in [2.45, 2.75) is 64.9 Å². The van der Waals surface area contributed by atoms with Gasteiger partial charge in [-0.3, -0.25) is 0 Å². The molecule has 0 spiro atoms. The second kappa shape index (κ2) is 4.14. The molecule has 116 valence electrons. The summed E-state index contributed by atoms with van der Waals surface area (Å²) in [6.45, 7) is 9.92. The van der Waals surface area contributed by atoms with Crippen LogP contribution in [0.2, 0.25) is 0 Å². The smallest absolute Gasteiger partial charge is 0.333 e. The lowest BCUT2D eigenvalue weighted by atomic mass is 9.52. The van der Waals surface area contributed by atoms with Crippen LogP contribution in [0, 0.1) is 35.0 Å². The fraction of sp³-hybridized carbons (Fsp3) is 0.842. The van der Waals surface area contributed by atoms with Crippen molar-refractivity contribution in [2.24, 2.45) is 35.0 Å². The van der Waals surface area contributed by atoms with Gasteiger partial charge in [0.1, 0.15) is 5.60 Å². The van der Waals surface area contributed by atoms with E-state index in [2.05, 4.69) is 20.4 Å². The Balaban J connectivity index is 1.74. The van der Waals surface area contributed by atoms with E-state index in [0.29, 0.717) is 5.57 Å². The Hall–Kier alpha value is -0.790. The largest absolute Gasteiger partial charge is 0.456 e. The highest BCUT2D eigenvalue weighted by Crippen LogP contribution is 2.77. The van der Waals surface area contributed by atoms with Gasteiger partial charge in [0.05, 0.1) is 0 Å². The van der Waals surface area contributed by atoms with E-state index in [9.17, 15) is 4.79 Å². The Morgan fingerprint density at radius 3 is 2.10 bits per heavy atom. The van der Waals surface area contributed by atoms with Gasteiger partial charge in [0.15, 0.2) is 0 Å². The summed E-state index contributed by atoms with van der Waals surface area (Å²) in [5, 5.41) is 0. The van der Waals surface area contributed by atoms with Crippen LogP contribution in [0.3, 0.4) is 0 Å². The molecule has 2 nitrogen and oxygen atoms in total. The summed E-state index contributed by atoms with van der Waals surface area (Å²) in [7, 11) is 0. The van der Waals surface area contributed by atoms with Crippen molar-refractivity contribution in [1.82, 2.24) is 0 Å². The summed E-state index contributed by atoms with van der Waals surface area (Å²) < 4.78 is 6.05. The van der Waals surface area contributed by atoms with Crippen LogP contribution in [0.1, 0.15) is 59.3 Å². The van der Waals surface area contributed by atoms with Gasteiger partial charge in [-0.25, -0.2) is 4.79 Å². The molecule has 0 amide bonds. The fourth-order valence-corrected chi connectivity index (χ4v) is 7.39. The number of carbonyl (C=O) groups is 1. The third kappa shape index (κ3) is 1.52. The molecule has 0 aromatic heterocycles. The highest BCUT2D eigenvalue weighted by atomic mass is 16.6. The van der Waals surface area contributed by atoms with Crippen molar-refractivity contribution < 1.29 is 9.53 Å². The monoisotopic (exact) mass is 288 g/mol. The van der Waals surface area contributed by atoms with E-state index >= 15 is 0 Å². The first-order chi connectivity index (χ1) is 9.88. The standard InChI is InChI=1S/C19H28O2/c1-11(2)17(20)21-18(3,4)19-14-7-5-12(9-14)16(19)13-6-8-15(19)10-13/h12-16H,1,5-10H2,2-4H3. The van der Waals surface area contributed by atoms with Gasteiger partial charge < -0.3 is 4.74 Å². The van der Waals surface area contributed by atoms with Crippen LogP contribution in [0.15, 0.2) is 12.2 Å². The molecule has 4 aliphatic carbocycles. The molecule has 0 radical (unpaired) electrons. The normalized spacial score (nSPS) is 46.7. The zero-order valence-corrected chi connectivity index (χ0v) is 13.7. The Morgan fingerprint density at radius 1 is 1.10 bits per heavy atom. The number of carbonyl (C=O) groups excluding carboxylic acids is 1. The van der Waals surface area contributed by atoms with Crippen LogP contribution in [0.4, 0.5) is 0 Å². The minimum atomic E-state index is -0.340. The molecule has 4 atom stereocenters. The van der Waals surface area contributed by atoms with Crippen LogP contribution in [-0.4, -0.2) is 11.6 Å². The summed E-state index contributed by atoms with van der Waals surface area (Å²) in [5.74, 6) is 4.02. The lowest BCUT2D eigenvalue weighted by Gasteiger charge is -2.55. The molecule has 0 aliphatic heterocycles. The molecule has 0 aromatic rings. The lowest BCUT2D eigenvalue weighted by molar-refractivity contribution is -0.191. The zero-order chi connectivity index (χ0) is 15.0. The van der Waals surface area contributed by atoms with Gasteiger partial charge in [0, 0.05) is 11.0 Å². The number of ether oxygens (including phenoxy) is 1. The number of hydrogen-bond acceptors (Lipinski definition) is 2. The van der Waals surface area contributed by atoms with E-state index in [0.717, 1.165) is 29.6 Å². The van der Waals surface area contributed by atoms with E-state index < -0.39 is 0 Å². The number of hydrogen-bond donors (Lipinski definition) is 0. The van der Waals surface area contributed by atoms with Crippen LogP contribution in [0.5, 0.6) is 0 Å². The van der Waals surface area contributed by atoms with Gasteiger partial charge in [-0.15, -0.1) is 0 Å². The molecule has 2 heteroatoms. The Morgan fingerprint density at radius 2 is 1.62 bits per heavy atom. The van der Waals surface area contributed by atoms with E-state index in [1.54, 1.807) is 6.92 Å². The van der Waals surface area contributed by atoms with Crippen molar-refractivity contribution >= 4 is 5.97 Å². The summed E-state index contributed by atoms with van der Waals surface area (Å²) >= 11 is 0. The highest BCUT2D eigenvalue weighted by molar-refractivity contribution is 5.87. The van der Waals surface area contributed by atoms with Gasteiger partial charge in [0.25, 0.3) is 0 Å². The maximum atomic E-state index is 12.2. The average Bonchev–Trinajstić information content (AvgIpc) is 3.16. The molecule has 4 bridgehead atoms. The minimum absolute atomic E-state index is 0.196. The van der Waals surface area contributed by atoms with Crippen molar-refractivity contribution in [3.63, 3.8) is 0 Å². The Kier molecular flexibility index (Phi) is 2.73. The molecular formula is C19H28O2. The Labute approximate surface area is 128 Å². The minimum Gasteiger partial charge on any atom is -0.456 e. The number of rotatable bonds is 3. The van der Waals surface area contributed by atoms with Gasteiger partial charge in [-0.1, -0.05) is 6.58 Å². The van der Waals surface area contributed by atoms with E-state index in [4.69, 9.17) is 4.74 Å². The third-order valence-electron chi connectivity index (χ3n) is 7.60.